The minimum Gasteiger partial charge on any atom is -0.310 e. The fourth-order valence-corrected chi connectivity index (χ4v) is 1.94. The van der Waals surface area contributed by atoms with E-state index < -0.39 is 11.7 Å². The molecule has 4 heteroatoms. The Kier molecular flexibility index (Phi) is 2.69. The van der Waals surface area contributed by atoms with Gasteiger partial charge in [0.1, 0.15) is 0 Å². The average Bonchev–Trinajstić information content (AvgIpc) is 2.69. The predicted octanol–water partition coefficient (Wildman–Crippen LogP) is 2.93. The summed E-state index contributed by atoms with van der Waals surface area (Å²) in [5, 5.41) is 3.07. The van der Waals surface area contributed by atoms with Gasteiger partial charge in [-0.2, -0.15) is 13.2 Å². The molecule has 1 fully saturated rings. The Morgan fingerprint density at radius 3 is 2.80 bits per heavy atom. The van der Waals surface area contributed by atoms with Gasteiger partial charge in [0.2, 0.25) is 0 Å². The summed E-state index contributed by atoms with van der Waals surface area (Å²) in [7, 11) is 0. The predicted molar refractivity (Wildman–Crippen MR) is 50.3 cm³/mol. The monoisotopic (exact) mass is 214 g/mol. The van der Waals surface area contributed by atoms with Crippen LogP contribution in [0.15, 0.2) is 18.2 Å². The molecule has 1 radical (unpaired) electrons. The summed E-state index contributed by atoms with van der Waals surface area (Å²) in [5.41, 5.74) is -0.219. The summed E-state index contributed by atoms with van der Waals surface area (Å²) in [4.78, 5) is 0. The van der Waals surface area contributed by atoms with Gasteiger partial charge < -0.3 is 5.32 Å². The highest BCUT2D eigenvalue weighted by molar-refractivity contribution is 5.32. The highest BCUT2D eigenvalue weighted by Gasteiger charge is 2.35. The van der Waals surface area contributed by atoms with Crippen LogP contribution in [-0.2, 0) is 6.18 Å². The lowest BCUT2D eigenvalue weighted by Gasteiger charge is -2.17. The van der Waals surface area contributed by atoms with Crippen molar-refractivity contribution >= 4 is 0 Å². The van der Waals surface area contributed by atoms with Crippen molar-refractivity contribution in [3.05, 3.63) is 35.4 Å². The van der Waals surface area contributed by atoms with Gasteiger partial charge in [0.25, 0.3) is 0 Å². The van der Waals surface area contributed by atoms with Crippen LogP contribution in [0.3, 0.4) is 0 Å². The summed E-state index contributed by atoms with van der Waals surface area (Å²) in [5.74, 6) is 0. The standard InChI is InChI=1S/C11H11F3N/c12-11(13,14)9-5-2-1-4-8(9)10-6-3-7-15-10/h1,4-5,10,15H,3,6-7H2. The molecule has 1 heterocycles. The molecular weight excluding hydrogens is 203 g/mol. The molecule has 1 nitrogen and oxygen atoms in total. The summed E-state index contributed by atoms with van der Waals surface area (Å²) < 4.78 is 38.0. The van der Waals surface area contributed by atoms with Crippen LogP contribution >= 0.6 is 0 Å². The SMILES string of the molecule is FC(F)(F)c1c[c]ccc1C1CCCN1. The molecule has 0 saturated carbocycles. The third-order valence-corrected chi connectivity index (χ3v) is 2.64. The van der Waals surface area contributed by atoms with Crippen molar-refractivity contribution < 1.29 is 13.2 Å². The van der Waals surface area contributed by atoms with Crippen LogP contribution in [0, 0.1) is 6.07 Å². The smallest absolute Gasteiger partial charge is 0.310 e. The van der Waals surface area contributed by atoms with Crippen molar-refractivity contribution in [1.82, 2.24) is 5.32 Å². The molecule has 1 aromatic carbocycles. The Labute approximate surface area is 86.3 Å². The molecule has 1 unspecified atom stereocenters. The van der Waals surface area contributed by atoms with Crippen molar-refractivity contribution in [2.45, 2.75) is 25.1 Å². The highest BCUT2D eigenvalue weighted by Crippen LogP contribution is 2.36. The van der Waals surface area contributed by atoms with Gasteiger partial charge in [-0.25, -0.2) is 0 Å². The number of benzene rings is 1. The van der Waals surface area contributed by atoms with Crippen LogP contribution in [0.25, 0.3) is 0 Å². The highest BCUT2D eigenvalue weighted by atomic mass is 19.4. The maximum atomic E-state index is 12.7. The van der Waals surface area contributed by atoms with E-state index in [1.807, 2.05) is 0 Å². The Morgan fingerprint density at radius 1 is 1.40 bits per heavy atom. The molecule has 0 aromatic heterocycles. The summed E-state index contributed by atoms with van der Waals surface area (Å²) >= 11 is 0. The lowest BCUT2D eigenvalue weighted by Crippen LogP contribution is -2.18. The Balaban J connectivity index is 2.37. The summed E-state index contributed by atoms with van der Waals surface area (Å²) in [6.45, 7) is 0.792. The van der Waals surface area contributed by atoms with E-state index >= 15 is 0 Å². The fraction of sp³-hybridized carbons (Fsp3) is 0.455. The zero-order valence-electron chi connectivity index (χ0n) is 8.06. The Hall–Kier alpha value is -1.03. The Bertz CT molecular complexity index is 340. The minimum absolute atomic E-state index is 0.156. The van der Waals surface area contributed by atoms with E-state index in [9.17, 15) is 13.2 Å². The van der Waals surface area contributed by atoms with Gasteiger partial charge in [-0.3, -0.25) is 0 Å². The van der Waals surface area contributed by atoms with Gasteiger partial charge in [-0.05, 0) is 37.1 Å². The van der Waals surface area contributed by atoms with E-state index in [1.165, 1.54) is 12.1 Å². The molecule has 1 aromatic rings. The first-order valence-corrected chi connectivity index (χ1v) is 4.89. The number of nitrogens with one attached hydrogen (secondary N) is 1. The fourth-order valence-electron chi connectivity index (χ4n) is 1.94. The zero-order valence-corrected chi connectivity index (χ0v) is 8.06. The van der Waals surface area contributed by atoms with Gasteiger partial charge in [0.15, 0.2) is 0 Å². The molecular formula is C11H11F3N. The molecule has 2 rings (SSSR count). The summed E-state index contributed by atoms with van der Waals surface area (Å²) in [6.07, 6.45) is -2.58. The van der Waals surface area contributed by atoms with E-state index in [2.05, 4.69) is 11.4 Å². The molecule has 1 aliphatic rings. The van der Waals surface area contributed by atoms with E-state index in [0.717, 1.165) is 25.5 Å². The van der Waals surface area contributed by atoms with E-state index in [4.69, 9.17) is 0 Å². The maximum Gasteiger partial charge on any atom is 0.416 e. The quantitative estimate of drug-likeness (QED) is 0.757. The van der Waals surface area contributed by atoms with Crippen LogP contribution in [0.1, 0.15) is 30.0 Å². The van der Waals surface area contributed by atoms with Crippen LogP contribution in [0.4, 0.5) is 13.2 Å². The van der Waals surface area contributed by atoms with Crippen molar-refractivity contribution in [3.63, 3.8) is 0 Å². The van der Waals surface area contributed by atoms with Gasteiger partial charge in [0, 0.05) is 6.04 Å². The van der Waals surface area contributed by atoms with E-state index in [1.54, 1.807) is 0 Å². The first-order valence-electron chi connectivity index (χ1n) is 4.89. The van der Waals surface area contributed by atoms with Gasteiger partial charge >= 0.3 is 6.18 Å². The van der Waals surface area contributed by atoms with E-state index in [0.29, 0.717) is 5.56 Å². The van der Waals surface area contributed by atoms with Gasteiger partial charge in [-0.15, -0.1) is 0 Å². The van der Waals surface area contributed by atoms with Crippen molar-refractivity contribution in [1.29, 1.82) is 0 Å². The first kappa shape index (κ1) is 10.5. The molecule has 1 atom stereocenters. The largest absolute Gasteiger partial charge is 0.416 e. The van der Waals surface area contributed by atoms with Crippen LogP contribution in [0.2, 0.25) is 0 Å². The second-order valence-corrected chi connectivity index (χ2v) is 3.66. The van der Waals surface area contributed by atoms with E-state index in [-0.39, 0.29) is 6.04 Å². The molecule has 15 heavy (non-hydrogen) atoms. The third kappa shape index (κ3) is 2.15. The molecule has 81 valence electrons. The van der Waals surface area contributed by atoms with Crippen LogP contribution in [0.5, 0.6) is 0 Å². The summed E-state index contributed by atoms with van der Waals surface area (Å²) in [6, 6.07) is 6.39. The molecule has 0 spiro atoms. The van der Waals surface area contributed by atoms with Gasteiger partial charge in [0.05, 0.1) is 5.56 Å². The molecule has 1 N–H and O–H groups in total. The normalized spacial score (nSPS) is 21.9. The number of rotatable bonds is 1. The molecule has 0 amide bonds. The first-order chi connectivity index (χ1) is 7.09. The second kappa shape index (κ2) is 3.85. The van der Waals surface area contributed by atoms with Crippen LogP contribution < -0.4 is 5.32 Å². The van der Waals surface area contributed by atoms with Gasteiger partial charge in [-0.1, -0.05) is 12.1 Å². The van der Waals surface area contributed by atoms with Crippen molar-refractivity contribution in [2.24, 2.45) is 0 Å². The molecule has 1 aliphatic heterocycles. The average molecular weight is 214 g/mol. The Morgan fingerprint density at radius 2 is 2.20 bits per heavy atom. The lowest BCUT2D eigenvalue weighted by atomic mass is 9.99. The minimum atomic E-state index is -4.28. The molecule has 0 aliphatic carbocycles. The number of alkyl halides is 3. The van der Waals surface area contributed by atoms with Crippen molar-refractivity contribution in [2.75, 3.05) is 6.54 Å². The van der Waals surface area contributed by atoms with Crippen LogP contribution in [-0.4, -0.2) is 6.54 Å². The molecule has 1 saturated heterocycles. The second-order valence-electron chi connectivity index (χ2n) is 3.66. The maximum absolute atomic E-state index is 12.7. The zero-order chi connectivity index (χ0) is 10.9. The lowest BCUT2D eigenvalue weighted by molar-refractivity contribution is -0.138. The number of halogens is 3. The van der Waals surface area contributed by atoms with Crippen molar-refractivity contribution in [3.8, 4) is 0 Å². The molecule has 0 bridgehead atoms. The third-order valence-electron chi connectivity index (χ3n) is 2.64. The number of hydrogen-bond donors (Lipinski definition) is 1. The number of hydrogen-bond acceptors (Lipinski definition) is 1. The topological polar surface area (TPSA) is 12.0 Å².